The van der Waals surface area contributed by atoms with Crippen LogP contribution in [0.3, 0.4) is 0 Å². The maximum atomic E-state index is 5.76. The zero-order valence-corrected chi connectivity index (χ0v) is 12.3. The molecular formula is C16H20N2S. The van der Waals surface area contributed by atoms with E-state index in [-0.39, 0.29) is 0 Å². The average molecular weight is 272 g/mol. The molecule has 0 bridgehead atoms. The number of rotatable bonds is 4. The standard InChI is InChI=1S/C16H20N2S/c1-11-7-15(17)5-3-13(11)9-19-10-14-4-6-16(18)8-12(14)2/h3-8H,9-10,17-18H2,1-2H3. The lowest BCUT2D eigenvalue weighted by Crippen LogP contribution is -1.93. The van der Waals surface area contributed by atoms with Gasteiger partial charge in [0.05, 0.1) is 0 Å². The summed E-state index contributed by atoms with van der Waals surface area (Å²) in [5, 5.41) is 0. The van der Waals surface area contributed by atoms with E-state index in [1.807, 2.05) is 36.0 Å². The van der Waals surface area contributed by atoms with E-state index in [9.17, 15) is 0 Å². The molecule has 2 nitrogen and oxygen atoms in total. The van der Waals surface area contributed by atoms with Gasteiger partial charge in [-0.1, -0.05) is 12.1 Å². The lowest BCUT2D eigenvalue weighted by molar-refractivity contribution is 1.28. The Kier molecular flexibility index (Phi) is 4.38. The zero-order chi connectivity index (χ0) is 13.8. The summed E-state index contributed by atoms with van der Waals surface area (Å²) in [7, 11) is 0. The van der Waals surface area contributed by atoms with Crippen molar-refractivity contribution >= 4 is 23.1 Å². The second-order valence-corrected chi connectivity index (χ2v) is 5.85. The third-order valence-corrected chi connectivity index (χ3v) is 4.28. The van der Waals surface area contributed by atoms with Gasteiger partial charge in [-0.3, -0.25) is 0 Å². The normalized spacial score (nSPS) is 10.6. The molecule has 2 aromatic rings. The first-order valence-corrected chi connectivity index (χ1v) is 7.49. The van der Waals surface area contributed by atoms with Gasteiger partial charge in [-0.15, -0.1) is 0 Å². The molecule has 2 rings (SSSR count). The molecule has 0 saturated heterocycles. The van der Waals surface area contributed by atoms with E-state index < -0.39 is 0 Å². The molecule has 0 atom stereocenters. The van der Waals surface area contributed by atoms with Crippen LogP contribution in [0.2, 0.25) is 0 Å². The molecule has 0 radical (unpaired) electrons. The topological polar surface area (TPSA) is 52.0 Å². The number of hydrogen-bond donors (Lipinski definition) is 2. The second-order valence-electron chi connectivity index (χ2n) is 4.86. The molecule has 0 aromatic heterocycles. The number of nitrogen functional groups attached to an aromatic ring is 2. The number of nitrogens with two attached hydrogens (primary N) is 2. The minimum atomic E-state index is 0.834. The summed E-state index contributed by atoms with van der Waals surface area (Å²) in [5.74, 6) is 2.02. The molecule has 2 aromatic carbocycles. The molecule has 0 unspecified atom stereocenters. The van der Waals surface area contributed by atoms with Crippen molar-refractivity contribution in [1.29, 1.82) is 0 Å². The van der Waals surface area contributed by atoms with E-state index in [0.29, 0.717) is 0 Å². The smallest absolute Gasteiger partial charge is 0.0316 e. The van der Waals surface area contributed by atoms with Gasteiger partial charge in [0.1, 0.15) is 0 Å². The third kappa shape index (κ3) is 3.67. The number of benzene rings is 2. The number of thioether (sulfide) groups is 1. The molecule has 0 amide bonds. The highest BCUT2D eigenvalue weighted by molar-refractivity contribution is 7.97. The molecule has 100 valence electrons. The van der Waals surface area contributed by atoms with Gasteiger partial charge in [0.2, 0.25) is 0 Å². The van der Waals surface area contributed by atoms with Crippen molar-refractivity contribution in [1.82, 2.24) is 0 Å². The van der Waals surface area contributed by atoms with Gasteiger partial charge < -0.3 is 11.5 Å². The third-order valence-electron chi connectivity index (χ3n) is 3.25. The molecule has 0 aliphatic carbocycles. The lowest BCUT2D eigenvalue weighted by atomic mass is 10.1. The molecule has 0 saturated carbocycles. The lowest BCUT2D eigenvalue weighted by Gasteiger charge is -2.09. The minimum Gasteiger partial charge on any atom is -0.399 e. The van der Waals surface area contributed by atoms with E-state index in [1.165, 1.54) is 22.3 Å². The van der Waals surface area contributed by atoms with Crippen molar-refractivity contribution in [3.8, 4) is 0 Å². The van der Waals surface area contributed by atoms with Crippen molar-refractivity contribution in [2.45, 2.75) is 25.4 Å². The van der Waals surface area contributed by atoms with Gasteiger partial charge in [0.25, 0.3) is 0 Å². The minimum absolute atomic E-state index is 0.834. The van der Waals surface area contributed by atoms with Crippen LogP contribution in [-0.2, 0) is 11.5 Å². The second kappa shape index (κ2) is 6.02. The van der Waals surface area contributed by atoms with Crippen LogP contribution in [0.15, 0.2) is 36.4 Å². The Balaban J connectivity index is 1.96. The summed E-state index contributed by atoms with van der Waals surface area (Å²) < 4.78 is 0. The van der Waals surface area contributed by atoms with Crippen molar-refractivity contribution in [3.05, 3.63) is 58.7 Å². The van der Waals surface area contributed by atoms with Gasteiger partial charge in [-0.25, -0.2) is 0 Å². The van der Waals surface area contributed by atoms with Gasteiger partial charge in [0.15, 0.2) is 0 Å². The highest BCUT2D eigenvalue weighted by Gasteiger charge is 2.02. The van der Waals surface area contributed by atoms with Crippen LogP contribution in [0.1, 0.15) is 22.3 Å². The fourth-order valence-electron chi connectivity index (χ4n) is 2.03. The van der Waals surface area contributed by atoms with E-state index >= 15 is 0 Å². The number of aryl methyl sites for hydroxylation is 2. The molecule has 4 N–H and O–H groups in total. The first-order valence-electron chi connectivity index (χ1n) is 6.34. The maximum absolute atomic E-state index is 5.76. The highest BCUT2D eigenvalue weighted by Crippen LogP contribution is 2.23. The highest BCUT2D eigenvalue weighted by atomic mass is 32.2. The molecule has 0 heterocycles. The first-order chi connectivity index (χ1) is 9.06. The predicted molar refractivity (Wildman–Crippen MR) is 86.2 cm³/mol. The molecular weight excluding hydrogens is 252 g/mol. The van der Waals surface area contributed by atoms with Crippen LogP contribution in [0, 0.1) is 13.8 Å². The molecule has 0 aliphatic heterocycles. The van der Waals surface area contributed by atoms with Crippen molar-refractivity contribution in [2.75, 3.05) is 11.5 Å². The van der Waals surface area contributed by atoms with Crippen molar-refractivity contribution < 1.29 is 0 Å². The van der Waals surface area contributed by atoms with Crippen LogP contribution >= 0.6 is 11.8 Å². The summed E-state index contributed by atoms with van der Waals surface area (Å²) in [6.45, 7) is 4.22. The van der Waals surface area contributed by atoms with Crippen molar-refractivity contribution in [3.63, 3.8) is 0 Å². The van der Waals surface area contributed by atoms with Crippen LogP contribution in [0.4, 0.5) is 11.4 Å². The zero-order valence-electron chi connectivity index (χ0n) is 11.4. The van der Waals surface area contributed by atoms with Gasteiger partial charge in [0, 0.05) is 22.9 Å². The summed E-state index contributed by atoms with van der Waals surface area (Å²) in [6, 6.07) is 12.2. The maximum Gasteiger partial charge on any atom is 0.0316 e. The van der Waals surface area contributed by atoms with E-state index in [0.717, 1.165) is 22.9 Å². The molecule has 0 spiro atoms. The van der Waals surface area contributed by atoms with Crippen LogP contribution in [-0.4, -0.2) is 0 Å². The summed E-state index contributed by atoms with van der Waals surface area (Å²) >= 11 is 1.92. The quantitative estimate of drug-likeness (QED) is 0.830. The Hall–Kier alpha value is -1.61. The fraction of sp³-hybridized carbons (Fsp3) is 0.250. The van der Waals surface area contributed by atoms with Crippen LogP contribution in [0.25, 0.3) is 0 Å². The van der Waals surface area contributed by atoms with Crippen molar-refractivity contribution in [2.24, 2.45) is 0 Å². The fourth-order valence-corrected chi connectivity index (χ4v) is 3.22. The molecule has 0 aliphatic rings. The van der Waals surface area contributed by atoms with E-state index in [4.69, 9.17) is 11.5 Å². The summed E-state index contributed by atoms with van der Waals surface area (Å²) in [5.41, 5.74) is 18.4. The average Bonchev–Trinajstić information content (AvgIpc) is 2.34. The van der Waals surface area contributed by atoms with E-state index in [2.05, 4.69) is 26.0 Å². The largest absolute Gasteiger partial charge is 0.399 e. The summed E-state index contributed by atoms with van der Waals surface area (Å²) in [6.07, 6.45) is 0. The van der Waals surface area contributed by atoms with Crippen LogP contribution in [0.5, 0.6) is 0 Å². The van der Waals surface area contributed by atoms with Gasteiger partial charge in [-0.05, 0) is 60.4 Å². The van der Waals surface area contributed by atoms with Gasteiger partial charge in [-0.2, -0.15) is 11.8 Å². The monoisotopic (exact) mass is 272 g/mol. The number of hydrogen-bond acceptors (Lipinski definition) is 3. The Bertz CT molecular complexity index is 527. The predicted octanol–water partition coefficient (Wildman–Crippen LogP) is 3.90. The number of anilines is 2. The van der Waals surface area contributed by atoms with E-state index in [1.54, 1.807) is 0 Å². The molecule has 0 fully saturated rings. The SMILES string of the molecule is Cc1cc(N)ccc1CSCc1ccc(N)cc1C. The Morgan fingerprint density at radius 3 is 1.58 bits per heavy atom. The Labute approximate surface area is 119 Å². The Morgan fingerprint density at radius 2 is 1.21 bits per heavy atom. The van der Waals surface area contributed by atoms with Gasteiger partial charge >= 0.3 is 0 Å². The summed E-state index contributed by atoms with van der Waals surface area (Å²) in [4.78, 5) is 0. The van der Waals surface area contributed by atoms with Crippen LogP contribution < -0.4 is 11.5 Å². The molecule has 3 heteroatoms. The Morgan fingerprint density at radius 1 is 0.789 bits per heavy atom. The first kappa shape index (κ1) is 13.8. The molecule has 19 heavy (non-hydrogen) atoms.